The molecule has 0 aliphatic heterocycles. The lowest BCUT2D eigenvalue weighted by molar-refractivity contribution is -0.790. The fourth-order valence-electron chi connectivity index (χ4n) is 2.38. The van der Waals surface area contributed by atoms with Crippen LogP contribution in [-0.4, -0.2) is 89.2 Å². The third-order valence-electron chi connectivity index (χ3n) is 3.89. The number of rotatable bonds is 17. The van der Waals surface area contributed by atoms with Crippen molar-refractivity contribution in [3.05, 3.63) is 38.4 Å². The van der Waals surface area contributed by atoms with Gasteiger partial charge in [0.05, 0.1) is 12.9 Å². The standard InChI is InChI=1S/C16H21F3N6O11/c17-16(18,19)15(28)35-14(27)12(4-10-5-20-9-23-10)21-2-1-3-22-13(26)8-33-6-11(36-25(31)32)7-34-24(29)30/h5,9,11-12,21H,1-4,6-8H2,(H,20,23)(H,22,26)/t11-,12-/m0/s1. The van der Waals surface area contributed by atoms with Crippen LogP contribution in [0.2, 0.25) is 0 Å². The van der Waals surface area contributed by atoms with Crippen LogP contribution in [0.15, 0.2) is 12.5 Å². The van der Waals surface area contributed by atoms with Crippen molar-refractivity contribution in [3.8, 4) is 0 Å². The number of carbonyl (C=O) groups excluding carboxylic acids is 3. The number of nitrogens with one attached hydrogen (secondary N) is 3. The Morgan fingerprint density at radius 3 is 2.44 bits per heavy atom. The maximum absolute atomic E-state index is 12.4. The first-order chi connectivity index (χ1) is 16.9. The minimum absolute atomic E-state index is 0.00618. The predicted molar refractivity (Wildman–Crippen MR) is 104 cm³/mol. The lowest BCUT2D eigenvalue weighted by atomic mass is 10.1. The van der Waals surface area contributed by atoms with E-state index in [2.05, 4.69) is 35.0 Å². The maximum atomic E-state index is 12.4. The number of nitrogens with zero attached hydrogens (tertiary/aromatic N) is 3. The highest BCUT2D eigenvalue weighted by molar-refractivity contribution is 5.91. The Bertz CT molecular complexity index is 884. The SMILES string of the molecule is O=C(COC[C@@H](CO[N+](=O)[O-])O[N+](=O)[O-])NCCCN[C@@H](Cc1cnc[nH]1)C(=O)OC(=O)C(F)(F)F. The van der Waals surface area contributed by atoms with Gasteiger partial charge in [-0.1, -0.05) is 0 Å². The molecule has 0 aromatic carbocycles. The van der Waals surface area contributed by atoms with Gasteiger partial charge in [0.2, 0.25) is 5.91 Å². The molecular formula is C16H21F3N6O11. The van der Waals surface area contributed by atoms with E-state index in [1.807, 2.05) is 0 Å². The number of ether oxygens (including phenoxy) is 2. The fraction of sp³-hybridized carbons (Fsp3) is 0.625. The molecule has 20 heteroatoms. The molecule has 36 heavy (non-hydrogen) atoms. The molecule has 1 amide bonds. The number of aromatic nitrogens is 2. The van der Waals surface area contributed by atoms with Gasteiger partial charge < -0.3 is 34.8 Å². The van der Waals surface area contributed by atoms with Crippen LogP contribution >= 0.6 is 0 Å². The average Bonchev–Trinajstić information content (AvgIpc) is 3.28. The predicted octanol–water partition coefficient (Wildman–Crippen LogP) is -1.15. The number of amides is 1. The number of alkyl halides is 3. The van der Waals surface area contributed by atoms with E-state index in [9.17, 15) is 47.8 Å². The van der Waals surface area contributed by atoms with Crippen molar-refractivity contribution in [1.82, 2.24) is 20.6 Å². The summed E-state index contributed by atoms with van der Waals surface area (Å²) in [4.78, 5) is 69.6. The minimum Gasteiger partial charge on any atom is -0.385 e. The van der Waals surface area contributed by atoms with E-state index in [1.54, 1.807) is 0 Å². The molecule has 0 aliphatic rings. The van der Waals surface area contributed by atoms with E-state index in [4.69, 9.17) is 4.74 Å². The summed E-state index contributed by atoms with van der Waals surface area (Å²) in [6, 6.07) is -1.34. The average molecular weight is 530 g/mol. The molecule has 0 unspecified atom stereocenters. The van der Waals surface area contributed by atoms with Gasteiger partial charge in [0.25, 0.3) is 10.2 Å². The number of H-pyrrole nitrogens is 1. The van der Waals surface area contributed by atoms with E-state index in [0.29, 0.717) is 5.69 Å². The van der Waals surface area contributed by atoms with Gasteiger partial charge in [-0.3, -0.25) is 4.79 Å². The lowest BCUT2D eigenvalue weighted by Crippen LogP contribution is -2.43. The van der Waals surface area contributed by atoms with Crippen LogP contribution in [0.3, 0.4) is 0 Å². The number of esters is 2. The Balaban J connectivity index is 2.40. The Labute approximate surface area is 198 Å². The van der Waals surface area contributed by atoms with E-state index < -0.39 is 66.2 Å². The third kappa shape index (κ3) is 13.0. The third-order valence-corrected chi connectivity index (χ3v) is 3.89. The molecule has 1 aromatic heterocycles. The monoisotopic (exact) mass is 530 g/mol. The van der Waals surface area contributed by atoms with Crippen LogP contribution in [0.1, 0.15) is 12.1 Å². The maximum Gasteiger partial charge on any atom is 0.491 e. The summed E-state index contributed by atoms with van der Waals surface area (Å²) in [7, 11) is 0. The van der Waals surface area contributed by atoms with Crippen molar-refractivity contribution >= 4 is 17.8 Å². The van der Waals surface area contributed by atoms with E-state index >= 15 is 0 Å². The number of hydrogen-bond donors (Lipinski definition) is 3. The molecule has 3 N–H and O–H groups in total. The van der Waals surface area contributed by atoms with Crippen LogP contribution in [0, 0.1) is 20.2 Å². The lowest BCUT2D eigenvalue weighted by Gasteiger charge is -2.17. The van der Waals surface area contributed by atoms with Gasteiger partial charge in [0.1, 0.15) is 19.3 Å². The summed E-state index contributed by atoms with van der Waals surface area (Å²) in [6.07, 6.45) is -4.21. The molecule has 1 rings (SSSR count). The Hall–Kier alpha value is -4.07. The van der Waals surface area contributed by atoms with Gasteiger partial charge in [-0.05, 0) is 13.0 Å². The first-order valence-electron chi connectivity index (χ1n) is 9.84. The number of halogens is 3. The summed E-state index contributed by atoms with van der Waals surface area (Å²) in [5, 5.41) is 23.1. The van der Waals surface area contributed by atoms with Gasteiger partial charge in [-0.2, -0.15) is 13.2 Å². The van der Waals surface area contributed by atoms with Crippen LogP contribution < -0.4 is 10.6 Å². The highest BCUT2D eigenvalue weighted by atomic mass is 19.4. The summed E-state index contributed by atoms with van der Waals surface area (Å²) >= 11 is 0. The van der Waals surface area contributed by atoms with Crippen LogP contribution in [0.25, 0.3) is 0 Å². The quantitative estimate of drug-likeness (QED) is 0.0711. The minimum atomic E-state index is -5.35. The molecule has 0 spiro atoms. The van der Waals surface area contributed by atoms with Crippen molar-refractivity contribution < 1.29 is 56.9 Å². The van der Waals surface area contributed by atoms with Crippen molar-refractivity contribution in [3.63, 3.8) is 0 Å². The van der Waals surface area contributed by atoms with Gasteiger partial charge in [0, 0.05) is 24.9 Å². The molecule has 0 radical (unpaired) electrons. The number of imidazole rings is 1. The zero-order valence-corrected chi connectivity index (χ0v) is 18.2. The Kier molecular flexibility index (Phi) is 12.5. The van der Waals surface area contributed by atoms with Crippen molar-refractivity contribution in [2.45, 2.75) is 31.2 Å². The topological polar surface area (TPSA) is 227 Å². The first kappa shape index (κ1) is 30.0. The zero-order valence-electron chi connectivity index (χ0n) is 18.2. The van der Waals surface area contributed by atoms with Crippen LogP contribution in [0.4, 0.5) is 13.2 Å². The molecule has 0 fully saturated rings. The number of hydrogen-bond acceptors (Lipinski definition) is 13. The van der Waals surface area contributed by atoms with Crippen LogP contribution in [0.5, 0.6) is 0 Å². The van der Waals surface area contributed by atoms with Crippen molar-refractivity contribution in [1.29, 1.82) is 0 Å². The molecule has 0 bridgehead atoms. The molecule has 0 saturated carbocycles. The fourth-order valence-corrected chi connectivity index (χ4v) is 2.38. The molecule has 202 valence electrons. The summed E-state index contributed by atoms with van der Waals surface area (Å²) in [6.45, 7) is -1.94. The second-order valence-corrected chi connectivity index (χ2v) is 6.68. The Morgan fingerprint density at radius 1 is 1.14 bits per heavy atom. The molecule has 17 nitrogen and oxygen atoms in total. The van der Waals surface area contributed by atoms with E-state index in [-0.39, 0.29) is 25.9 Å². The molecule has 1 heterocycles. The molecule has 2 atom stereocenters. The molecular weight excluding hydrogens is 509 g/mol. The van der Waals surface area contributed by atoms with Gasteiger partial charge >= 0.3 is 18.1 Å². The van der Waals surface area contributed by atoms with Crippen molar-refractivity contribution in [2.75, 3.05) is 32.9 Å². The molecule has 1 aromatic rings. The zero-order chi connectivity index (χ0) is 27.1. The normalized spacial score (nSPS) is 12.8. The second-order valence-electron chi connectivity index (χ2n) is 6.68. The van der Waals surface area contributed by atoms with Gasteiger partial charge in [0.15, 0.2) is 6.10 Å². The number of carbonyl (C=O) groups is 3. The highest BCUT2D eigenvalue weighted by Crippen LogP contribution is 2.17. The molecule has 0 saturated heterocycles. The highest BCUT2D eigenvalue weighted by Gasteiger charge is 2.43. The largest absolute Gasteiger partial charge is 0.491 e. The Morgan fingerprint density at radius 2 is 1.86 bits per heavy atom. The summed E-state index contributed by atoms with van der Waals surface area (Å²) < 4.78 is 45.8. The number of aromatic amines is 1. The molecule has 0 aliphatic carbocycles. The van der Waals surface area contributed by atoms with Crippen molar-refractivity contribution in [2.24, 2.45) is 0 Å². The van der Waals surface area contributed by atoms with Crippen LogP contribution in [-0.2, 0) is 40.0 Å². The smallest absolute Gasteiger partial charge is 0.385 e. The summed E-state index contributed by atoms with van der Waals surface area (Å²) in [5.74, 6) is -4.79. The van der Waals surface area contributed by atoms with E-state index in [0.717, 1.165) is 0 Å². The first-order valence-corrected chi connectivity index (χ1v) is 9.84. The van der Waals surface area contributed by atoms with Gasteiger partial charge in [-0.15, -0.1) is 20.2 Å². The van der Waals surface area contributed by atoms with E-state index in [1.165, 1.54) is 12.5 Å². The summed E-state index contributed by atoms with van der Waals surface area (Å²) in [5.41, 5.74) is 0.373. The van der Waals surface area contributed by atoms with Gasteiger partial charge in [-0.25, -0.2) is 14.6 Å². The second kappa shape index (κ2) is 15.0.